The minimum Gasteiger partial charge on any atom is -0.464 e. The molecular formula is C9H6FNO3. The molecule has 0 bridgehead atoms. The van der Waals surface area contributed by atoms with Crippen molar-refractivity contribution in [2.75, 3.05) is 7.11 Å². The third-order valence-corrected chi connectivity index (χ3v) is 1.83. The van der Waals surface area contributed by atoms with Crippen LogP contribution in [0.15, 0.2) is 22.7 Å². The van der Waals surface area contributed by atoms with E-state index in [0.29, 0.717) is 5.39 Å². The van der Waals surface area contributed by atoms with Crippen LogP contribution >= 0.6 is 0 Å². The fourth-order valence-corrected chi connectivity index (χ4v) is 1.17. The number of halogens is 1. The van der Waals surface area contributed by atoms with Crippen molar-refractivity contribution in [2.45, 2.75) is 0 Å². The number of fused-ring (bicyclic) bond motifs is 1. The second-order valence-corrected chi connectivity index (χ2v) is 2.64. The van der Waals surface area contributed by atoms with E-state index < -0.39 is 11.8 Å². The zero-order chi connectivity index (χ0) is 10.1. The maximum Gasteiger partial charge on any atom is 0.360 e. The fraction of sp³-hybridized carbons (Fsp3) is 0.111. The van der Waals surface area contributed by atoms with Gasteiger partial charge in [-0.25, -0.2) is 9.18 Å². The molecule has 0 unspecified atom stereocenters. The lowest BCUT2D eigenvalue weighted by atomic mass is 10.2. The Bertz CT molecular complexity index is 492. The number of ether oxygens (including phenoxy) is 1. The van der Waals surface area contributed by atoms with E-state index in [0.717, 1.165) is 0 Å². The zero-order valence-electron chi connectivity index (χ0n) is 7.28. The van der Waals surface area contributed by atoms with Gasteiger partial charge in [-0.3, -0.25) is 0 Å². The Hall–Kier alpha value is -1.91. The second kappa shape index (κ2) is 3.10. The lowest BCUT2D eigenvalue weighted by Gasteiger charge is -1.92. The zero-order valence-corrected chi connectivity index (χ0v) is 7.28. The Labute approximate surface area is 78.2 Å². The van der Waals surface area contributed by atoms with Crippen molar-refractivity contribution in [3.05, 3.63) is 29.7 Å². The number of aromatic nitrogens is 1. The highest BCUT2D eigenvalue weighted by molar-refractivity contribution is 6.01. The summed E-state index contributed by atoms with van der Waals surface area (Å²) in [5.74, 6) is -1.19. The summed E-state index contributed by atoms with van der Waals surface area (Å²) in [7, 11) is 1.22. The van der Waals surface area contributed by atoms with Crippen LogP contribution in [0.5, 0.6) is 0 Å². The highest BCUT2D eigenvalue weighted by atomic mass is 19.1. The summed E-state index contributed by atoms with van der Waals surface area (Å²) in [5, 5.41) is 3.75. The van der Waals surface area contributed by atoms with Gasteiger partial charge in [-0.15, -0.1) is 0 Å². The lowest BCUT2D eigenvalue weighted by Crippen LogP contribution is -2.01. The molecule has 0 N–H and O–H groups in total. The first-order chi connectivity index (χ1) is 6.74. The van der Waals surface area contributed by atoms with Crippen molar-refractivity contribution in [1.82, 2.24) is 5.16 Å². The van der Waals surface area contributed by atoms with Crippen molar-refractivity contribution in [1.29, 1.82) is 0 Å². The molecule has 0 radical (unpaired) electrons. The number of hydrogen-bond donors (Lipinski definition) is 0. The molecule has 0 spiro atoms. The van der Waals surface area contributed by atoms with Gasteiger partial charge in [-0.2, -0.15) is 0 Å². The van der Waals surface area contributed by atoms with E-state index in [9.17, 15) is 9.18 Å². The summed E-state index contributed by atoms with van der Waals surface area (Å²) in [6.45, 7) is 0. The fourth-order valence-electron chi connectivity index (χ4n) is 1.17. The standard InChI is InChI=1S/C9H6FNO3/c1-13-9(12)7-5-3-2-4-6(10)8(5)14-11-7/h2-4H,1H3. The molecule has 2 rings (SSSR count). The van der Waals surface area contributed by atoms with Gasteiger partial charge in [-0.1, -0.05) is 11.2 Å². The van der Waals surface area contributed by atoms with Crippen molar-refractivity contribution in [2.24, 2.45) is 0 Å². The number of benzene rings is 1. The van der Waals surface area contributed by atoms with Crippen LogP contribution in [-0.2, 0) is 4.74 Å². The molecule has 72 valence electrons. The van der Waals surface area contributed by atoms with Gasteiger partial charge in [0.15, 0.2) is 11.5 Å². The SMILES string of the molecule is COC(=O)c1noc2c(F)cccc12. The minimum atomic E-state index is -0.644. The molecule has 2 aromatic rings. The number of hydrogen-bond acceptors (Lipinski definition) is 4. The number of nitrogens with zero attached hydrogens (tertiary/aromatic N) is 1. The maximum absolute atomic E-state index is 13.1. The largest absolute Gasteiger partial charge is 0.464 e. The Balaban J connectivity index is 2.70. The van der Waals surface area contributed by atoms with Crippen molar-refractivity contribution in [3.63, 3.8) is 0 Å². The number of rotatable bonds is 1. The van der Waals surface area contributed by atoms with Crippen LogP contribution in [0.4, 0.5) is 4.39 Å². The summed E-state index contributed by atoms with van der Waals surface area (Å²) in [6, 6.07) is 4.25. The summed E-state index contributed by atoms with van der Waals surface area (Å²) < 4.78 is 22.2. The molecule has 0 saturated carbocycles. The molecule has 0 aliphatic carbocycles. The monoisotopic (exact) mass is 195 g/mol. The summed E-state index contributed by atoms with van der Waals surface area (Å²) in [6.07, 6.45) is 0. The van der Waals surface area contributed by atoms with Crippen LogP contribution in [0.1, 0.15) is 10.5 Å². The number of carbonyl (C=O) groups excluding carboxylic acids is 1. The van der Waals surface area contributed by atoms with E-state index in [1.165, 1.54) is 19.2 Å². The molecule has 14 heavy (non-hydrogen) atoms. The highest BCUT2D eigenvalue weighted by Gasteiger charge is 2.18. The van der Waals surface area contributed by atoms with Gasteiger partial charge in [0.25, 0.3) is 0 Å². The molecule has 1 aromatic heterocycles. The molecule has 4 nitrogen and oxygen atoms in total. The Morgan fingerprint density at radius 1 is 1.57 bits per heavy atom. The highest BCUT2D eigenvalue weighted by Crippen LogP contribution is 2.21. The van der Waals surface area contributed by atoms with Crippen molar-refractivity contribution in [3.8, 4) is 0 Å². The predicted molar refractivity (Wildman–Crippen MR) is 45.3 cm³/mol. The van der Waals surface area contributed by atoms with E-state index >= 15 is 0 Å². The average molecular weight is 195 g/mol. The number of methoxy groups -OCH3 is 1. The Morgan fingerprint density at radius 3 is 3.07 bits per heavy atom. The van der Waals surface area contributed by atoms with Gasteiger partial charge in [0.2, 0.25) is 5.58 Å². The van der Waals surface area contributed by atoms with E-state index in [-0.39, 0.29) is 11.3 Å². The minimum absolute atomic E-state index is 0.0120. The normalized spacial score (nSPS) is 10.4. The molecule has 1 aromatic carbocycles. The van der Waals surface area contributed by atoms with Gasteiger partial charge < -0.3 is 9.26 Å². The van der Waals surface area contributed by atoms with Crippen molar-refractivity contribution < 1.29 is 18.4 Å². The van der Waals surface area contributed by atoms with Crippen LogP contribution in [0.25, 0.3) is 11.0 Å². The molecule has 0 amide bonds. The molecule has 0 saturated heterocycles. The van der Waals surface area contributed by atoms with Crippen LogP contribution in [0.3, 0.4) is 0 Å². The first-order valence-corrected chi connectivity index (χ1v) is 3.86. The van der Waals surface area contributed by atoms with Crippen molar-refractivity contribution >= 4 is 16.9 Å². The maximum atomic E-state index is 13.1. The summed E-state index contributed by atoms with van der Waals surface area (Å²) >= 11 is 0. The molecule has 0 atom stereocenters. The number of para-hydroxylation sites is 1. The first-order valence-electron chi connectivity index (χ1n) is 3.86. The van der Waals surface area contributed by atoms with E-state index in [1.54, 1.807) is 6.07 Å². The van der Waals surface area contributed by atoms with Crippen LogP contribution in [0, 0.1) is 5.82 Å². The van der Waals surface area contributed by atoms with Crippen LogP contribution in [-0.4, -0.2) is 18.2 Å². The van der Waals surface area contributed by atoms with Gasteiger partial charge in [0.1, 0.15) is 0 Å². The van der Waals surface area contributed by atoms with Crippen LogP contribution < -0.4 is 0 Å². The van der Waals surface area contributed by atoms with E-state index in [4.69, 9.17) is 0 Å². The molecule has 0 aliphatic rings. The smallest absolute Gasteiger partial charge is 0.360 e. The molecule has 0 aliphatic heterocycles. The third-order valence-electron chi connectivity index (χ3n) is 1.83. The Kier molecular flexibility index (Phi) is 1.92. The molecular weight excluding hydrogens is 189 g/mol. The number of esters is 1. The third kappa shape index (κ3) is 1.14. The van der Waals surface area contributed by atoms with E-state index in [2.05, 4.69) is 14.4 Å². The van der Waals surface area contributed by atoms with Gasteiger partial charge >= 0.3 is 5.97 Å². The first kappa shape index (κ1) is 8.68. The molecule has 1 heterocycles. The quantitative estimate of drug-likeness (QED) is 0.650. The topological polar surface area (TPSA) is 52.3 Å². The van der Waals surface area contributed by atoms with Gasteiger partial charge in [0, 0.05) is 0 Å². The van der Waals surface area contributed by atoms with E-state index in [1.807, 2.05) is 0 Å². The van der Waals surface area contributed by atoms with Gasteiger partial charge in [-0.05, 0) is 12.1 Å². The summed E-state index contributed by atoms with van der Waals surface area (Å²) in [4.78, 5) is 11.1. The predicted octanol–water partition coefficient (Wildman–Crippen LogP) is 1.75. The van der Waals surface area contributed by atoms with Crippen LogP contribution in [0.2, 0.25) is 0 Å². The Morgan fingerprint density at radius 2 is 2.36 bits per heavy atom. The number of carbonyl (C=O) groups is 1. The molecule has 5 heteroatoms. The molecule has 0 fully saturated rings. The summed E-state index contributed by atoms with van der Waals surface area (Å²) in [5.41, 5.74) is -0.0464. The van der Waals surface area contributed by atoms with Gasteiger partial charge in [0.05, 0.1) is 12.5 Å². The lowest BCUT2D eigenvalue weighted by molar-refractivity contribution is 0.0591. The second-order valence-electron chi connectivity index (χ2n) is 2.64. The average Bonchev–Trinajstić information content (AvgIpc) is 2.62.